The molecule has 0 bridgehead atoms. The van der Waals surface area contributed by atoms with Gasteiger partial charge in [0.2, 0.25) is 0 Å². The molecule has 0 unspecified atom stereocenters. The number of hydrogen-bond donors (Lipinski definition) is 0. The Bertz CT molecular complexity index is 1180. The molecule has 0 atom stereocenters. The SMILES string of the molecule is C=C(Oc1ccccc1C)C1=Cc2cc3c4c(c2OC1=C)C(C)(C)CCN4CCC3(C)C. The van der Waals surface area contributed by atoms with E-state index in [0.717, 1.165) is 54.1 Å². The normalized spacial score (nSPS) is 20.0. The van der Waals surface area contributed by atoms with Crippen molar-refractivity contribution >= 4 is 11.8 Å². The van der Waals surface area contributed by atoms with Crippen LogP contribution in [-0.2, 0) is 10.8 Å². The first kappa shape index (κ1) is 20.9. The second-order valence-electron chi connectivity index (χ2n) is 10.7. The lowest BCUT2D eigenvalue weighted by molar-refractivity contribution is 0.363. The molecule has 3 nitrogen and oxygen atoms in total. The van der Waals surface area contributed by atoms with E-state index in [4.69, 9.17) is 9.47 Å². The standard InChI is InChI=1S/C29H33NO2/c1-18-10-8-9-11-24(18)31-19(2)22-16-21-17-23-26-25(27(21)32-20(22)3)29(6,7)13-15-30(26)14-12-28(23,4)5/h8-11,16-17H,2-3,12-15H2,1,4-7H3. The zero-order valence-electron chi connectivity index (χ0n) is 20.0. The molecule has 0 aromatic heterocycles. The van der Waals surface area contributed by atoms with Gasteiger partial charge in [-0.15, -0.1) is 0 Å². The summed E-state index contributed by atoms with van der Waals surface area (Å²) >= 11 is 0. The van der Waals surface area contributed by atoms with Crippen molar-refractivity contribution in [3.63, 3.8) is 0 Å². The van der Waals surface area contributed by atoms with Crippen LogP contribution in [0.3, 0.4) is 0 Å². The molecule has 0 radical (unpaired) electrons. The predicted molar refractivity (Wildman–Crippen MR) is 133 cm³/mol. The monoisotopic (exact) mass is 427 g/mol. The molecule has 2 aromatic carbocycles. The Labute approximate surface area is 192 Å². The maximum Gasteiger partial charge on any atom is 0.140 e. The zero-order valence-corrected chi connectivity index (χ0v) is 20.0. The molecule has 0 fully saturated rings. The van der Waals surface area contributed by atoms with Crippen LogP contribution in [0.25, 0.3) is 6.08 Å². The van der Waals surface area contributed by atoms with Gasteiger partial charge in [0.25, 0.3) is 0 Å². The molecule has 166 valence electrons. The van der Waals surface area contributed by atoms with Crippen LogP contribution in [0.4, 0.5) is 5.69 Å². The van der Waals surface area contributed by atoms with Crippen LogP contribution in [0.15, 0.2) is 60.6 Å². The van der Waals surface area contributed by atoms with E-state index in [1.165, 1.54) is 16.8 Å². The Hall–Kier alpha value is -2.94. The highest BCUT2D eigenvalue weighted by Gasteiger charge is 2.43. The van der Waals surface area contributed by atoms with E-state index >= 15 is 0 Å². The summed E-state index contributed by atoms with van der Waals surface area (Å²) in [7, 11) is 0. The van der Waals surface area contributed by atoms with Crippen LogP contribution in [-0.4, -0.2) is 13.1 Å². The van der Waals surface area contributed by atoms with Gasteiger partial charge in [0, 0.05) is 29.9 Å². The third-order valence-electron chi connectivity index (χ3n) is 7.47. The van der Waals surface area contributed by atoms with Crippen LogP contribution in [0.1, 0.15) is 62.8 Å². The molecular formula is C29H33NO2. The van der Waals surface area contributed by atoms with Crippen molar-refractivity contribution in [2.75, 3.05) is 18.0 Å². The molecule has 0 amide bonds. The Kier molecular flexibility index (Phi) is 4.60. The molecule has 0 spiro atoms. The number of para-hydroxylation sites is 1. The van der Waals surface area contributed by atoms with Gasteiger partial charge in [0.1, 0.15) is 23.0 Å². The Morgan fingerprint density at radius 2 is 1.75 bits per heavy atom. The van der Waals surface area contributed by atoms with Gasteiger partial charge in [0.15, 0.2) is 0 Å². The number of fused-ring (bicyclic) bond motifs is 2. The number of anilines is 1. The van der Waals surface area contributed by atoms with E-state index in [0.29, 0.717) is 11.5 Å². The largest absolute Gasteiger partial charge is 0.457 e. The van der Waals surface area contributed by atoms with Crippen LogP contribution >= 0.6 is 0 Å². The summed E-state index contributed by atoms with van der Waals surface area (Å²) in [5, 5.41) is 0. The summed E-state index contributed by atoms with van der Waals surface area (Å²) in [6.07, 6.45) is 4.43. The highest BCUT2D eigenvalue weighted by atomic mass is 16.5. The van der Waals surface area contributed by atoms with Crippen molar-refractivity contribution < 1.29 is 9.47 Å². The maximum absolute atomic E-state index is 6.48. The van der Waals surface area contributed by atoms with Crippen LogP contribution in [0, 0.1) is 6.92 Å². The predicted octanol–water partition coefficient (Wildman–Crippen LogP) is 7.05. The minimum atomic E-state index is 0.0413. The molecule has 3 heteroatoms. The lowest BCUT2D eigenvalue weighted by Crippen LogP contribution is -2.45. The average Bonchev–Trinajstić information content (AvgIpc) is 2.72. The van der Waals surface area contributed by atoms with E-state index in [2.05, 4.69) is 57.9 Å². The zero-order chi connectivity index (χ0) is 22.8. The number of rotatable bonds is 3. The van der Waals surface area contributed by atoms with Crippen molar-refractivity contribution in [1.82, 2.24) is 0 Å². The van der Waals surface area contributed by atoms with Crippen LogP contribution in [0.2, 0.25) is 0 Å². The topological polar surface area (TPSA) is 21.7 Å². The number of aryl methyl sites for hydroxylation is 1. The number of ether oxygens (including phenoxy) is 2. The molecule has 0 aliphatic carbocycles. The fourth-order valence-electron chi connectivity index (χ4n) is 5.30. The van der Waals surface area contributed by atoms with Crippen LogP contribution < -0.4 is 14.4 Å². The third kappa shape index (κ3) is 3.18. The fourth-order valence-corrected chi connectivity index (χ4v) is 5.30. The van der Waals surface area contributed by atoms with Gasteiger partial charge < -0.3 is 14.4 Å². The number of nitrogens with zero attached hydrogens (tertiary/aromatic N) is 1. The first-order chi connectivity index (χ1) is 15.1. The molecule has 2 aromatic rings. The quantitative estimate of drug-likeness (QED) is 0.490. The van der Waals surface area contributed by atoms with Gasteiger partial charge in [-0.25, -0.2) is 0 Å². The summed E-state index contributed by atoms with van der Waals surface area (Å²) in [5.41, 5.74) is 7.27. The smallest absolute Gasteiger partial charge is 0.140 e. The van der Waals surface area contributed by atoms with Gasteiger partial charge in [-0.1, -0.05) is 59.1 Å². The number of hydrogen-bond acceptors (Lipinski definition) is 3. The van der Waals surface area contributed by atoms with Crippen molar-refractivity contribution in [2.24, 2.45) is 0 Å². The van der Waals surface area contributed by atoms with Gasteiger partial charge in [-0.05, 0) is 59.9 Å². The third-order valence-corrected chi connectivity index (χ3v) is 7.47. The summed E-state index contributed by atoms with van der Waals surface area (Å²) < 4.78 is 12.6. The minimum absolute atomic E-state index is 0.0413. The molecule has 0 N–H and O–H groups in total. The summed E-state index contributed by atoms with van der Waals surface area (Å²) in [6.45, 7) is 22.1. The van der Waals surface area contributed by atoms with Gasteiger partial charge in [0.05, 0.1) is 5.57 Å². The Morgan fingerprint density at radius 3 is 2.47 bits per heavy atom. The minimum Gasteiger partial charge on any atom is -0.457 e. The highest BCUT2D eigenvalue weighted by molar-refractivity contribution is 5.81. The summed E-state index contributed by atoms with van der Waals surface area (Å²) in [4.78, 5) is 2.56. The van der Waals surface area contributed by atoms with Gasteiger partial charge in [-0.2, -0.15) is 0 Å². The Morgan fingerprint density at radius 1 is 1.06 bits per heavy atom. The van der Waals surface area contributed by atoms with Crippen LogP contribution in [0.5, 0.6) is 11.5 Å². The average molecular weight is 428 g/mol. The summed E-state index contributed by atoms with van der Waals surface area (Å²) in [6, 6.07) is 10.3. The molecule has 32 heavy (non-hydrogen) atoms. The first-order valence-corrected chi connectivity index (χ1v) is 11.6. The molecule has 3 aliphatic heterocycles. The first-order valence-electron chi connectivity index (χ1n) is 11.6. The second-order valence-corrected chi connectivity index (χ2v) is 10.7. The molecule has 5 rings (SSSR count). The molecule has 3 heterocycles. The van der Waals surface area contributed by atoms with Gasteiger partial charge in [-0.3, -0.25) is 0 Å². The van der Waals surface area contributed by atoms with Crippen molar-refractivity contribution in [3.8, 4) is 11.5 Å². The van der Waals surface area contributed by atoms with Crippen molar-refractivity contribution in [2.45, 2.75) is 58.3 Å². The van der Waals surface area contributed by atoms with Crippen molar-refractivity contribution in [3.05, 3.63) is 82.8 Å². The second kappa shape index (κ2) is 7.03. The molecule has 3 aliphatic rings. The molecule has 0 saturated carbocycles. The lowest BCUT2D eigenvalue weighted by atomic mass is 9.68. The van der Waals surface area contributed by atoms with Gasteiger partial charge >= 0.3 is 0 Å². The van der Waals surface area contributed by atoms with E-state index in [1.807, 2.05) is 31.2 Å². The maximum atomic E-state index is 6.48. The molecule has 0 saturated heterocycles. The van der Waals surface area contributed by atoms with Crippen molar-refractivity contribution in [1.29, 1.82) is 0 Å². The summed E-state index contributed by atoms with van der Waals surface area (Å²) in [5.74, 6) is 2.90. The molecular weight excluding hydrogens is 394 g/mol. The van der Waals surface area contributed by atoms with E-state index in [1.54, 1.807) is 0 Å². The highest BCUT2D eigenvalue weighted by Crippen LogP contribution is 2.55. The van der Waals surface area contributed by atoms with E-state index < -0.39 is 0 Å². The van der Waals surface area contributed by atoms with E-state index in [-0.39, 0.29) is 10.8 Å². The number of benzene rings is 2. The van der Waals surface area contributed by atoms with E-state index in [9.17, 15) is 0 Å². The lowest BCUT2D eigenvalue weighted by Gasteiger charge is -2.49. The Balaban J connectivity index is 1.65. The fraction of sp³-hybridized carbons (Fsp3) is 0.379.